The largest absolute Gasteiger partial charge is 0.366 e. The van der Waals surface area contributed by atoms with Crippen molar-refractivity contribution in [3.8, 4) is 0 Å². The molecule has 4 N–H and O–H groups in total. The van der Waals surface area contributed by atoms with Gasteiger partial charge >= 0.3 is 0 Å². The lowest BCUT2D eigenvalue weighted by Gasteiger charge is -2.37. The topological polar surface area (TPSA) is 69.1 Å². The van der Waals surface area contributed by atoms with Gasteiger partial charge < -0.3 is 11.5 Å². The zero-order valence-corrected chi connectivity index (χ0v) is 6.55. The maximum Gasteiger partial charge on any atom is 0.241 e. The first-order valence-electron chi connectivity index (χ1n) is 3.87. The smallest absolute Gasteiger partial charge is 0.241 e. The molecular weight excluding hydrogens is 140 g/mol. The predicted octanol–water partition coefficient (Wildman–Crippen LogP) is 0.299. The molecule has 1 aliphatic rings. The fourth-order valence-electron chi connectivity index (χ4n) is 1.24. The van der Waals surface area contributed by atoms with Gasteiger partial charge in [-0.1, -0.05) is 6.08 Å². The second kappa shape index (κ2) is 3.05. The van der Waals surface area contributed by atoms with Crippen LogP contribution in [0.25, 0.3) is 0 Å². The van der Waals surface area contributed by atoms with Gasteiger partial charge in [-0.25, -0.2) is 0 Å². The summed E-state index contributed by atoms with van der Waals surface area (Å²) >= 11 is 0. The summed E-state index contributed by atoms with van der Waals surface area (Å²) in [5, 5.41) is 0. The first kappa shape index (κ1) is 8.27. The third-order valence-corrected chi connectivity index (χ3v) is 2.16. The monoisotopic (exact) mass is 154 g/mol. The molecule has 0 saturated heterocycles. The van der Waals surface area contributed by atoms with Crippen LogP contribution >= 0.6 is 0 Å². The Balaban J connectivity index is 2.26. The fourth-order valence-corrected chi connectivity index (χ4v) is 1.24. The van der Waals surface area contributed by atoms with Gasteiger partial charge in [0.05, 0.1) is 0 Å². The van der Waals surface area contributed by atoms with Gasteiger partial charge in [0.1, 0.15) is 0 Å². The number of hydrogen-bond acceptors (Lipinski definition) is 2. The summed E-state index contributed by atoms with van der Waals surface area (Å²) < 4.78 is 0. The van der Waals surface area contributed by atoms with Crippen molar-refractivity contribution in [3.05, 3.63) is 12.2 Å². The van der Waals surface area contributed by atoms with Crippen LogP contribution < -0.4 is 11.5 Å². The van der Waals surface area contributed by atoms with Gasteiger partial charge in [0.15, 0.2) is 0 Å². The van der Waals surface area contributed by atoms with Crippen LogP contribution in [0.4, 0.5) is 0 Å². The van der Waals surface area contributed by atoms with Crippen molar-refractivity contribution in [1.29, 1.82) is 0 Å². The molecule has 0 atom stereocenters. The Bertz CT molecular complexity index is 183. The first-order valence-corrected chi connectivity index (χ1v) is 3.87. The average Bonchev–Trinajstić information content (AvgIpc) is 1.83. The van der Waals surface area contributed by atoms with E-state index in [0.29, 0.717) is 0 Å². The maximum atomic E-state index is 10.3. The molecule has 62 valence electrons. The number of amides is 1. The molecule has 11 heavy (non-hydrogen) atoms. The summed E-state index contributed by atoms with van der Waals surface area (Å²) in [6.45, 7) is 0. The molecule has 1 amide bonds. The minimum Gasteiger partial charge on any atom is -0.366 e. The van der Waals surface area contributed by atoms with E-state index in [2.05, 4.69) is 0 Å². The van der Waals surface area contributed by atoms with Crippen LogP contribution in [-0.2, 0) is 4.79 Å². The maximum absolute atomic E-state index is 10.3. The van der Waals surface area contributed by atoms with Crippen molar-refractivity contribution < 1.29 is 4.79 Å². The molecule has 1 aliphatic carbocycles. The van der Waals surface area contributed by atoms with E-state index in [0.717, 1.165) is 19.3 Å². The highest BCUT2D eigenvalue weighted by Gasteiger charge is 2.30. The minimum atomic E-state index is -0.395. The third kappa shape index (κ3) is 2.35. The number of carbonyl (C=O) groups excluding carboxylic acids is 1. The van der Waals surface area contributed by atoms with Crippen LogP contribution in [0.5, 0.6) is 0 Å². The van der Waals surface area contributed by atoms with Gasteiger partial charge in [0.25, 0.3) is 0 Å². The standard InChI is InChI=1S/C8H14N2O/c9-7(11)3-1-4-8(10)5-2-6-8/h1,3H,2,4-6,10H2,(H2,9,11)/b3-1+. The van der Waals surface area contributed by atoms with Crippen LogP contribution in [0, 0.1) is 0 Å². The second-order valence-corrected chi connectivity index (χ2v) is 3.22. The predicted molar refractivity (Wildman–Crippen MR) is 43.7 cm³/mol. The summed E-state index contributed by atoms with van der Waals surface area (Å²) in [4.78, 5) is 10.3. The normalized spacial score (nSPS) is 21.5. The lowest BCUT2D eigenvalue weighted by molar-refractivity contribution is -0.113. The molecule has 0 aromatic rings. The highest BCUT2D eigenvalue weighted by molar-refractivity contribution is 5.85. The minimum absolute atomic E-state index is 0.0358. The summed E-state index contributed by atoms with van der Waals surface area (Å²) in [6.07, 6.45) is 7.26. The van der Waals surface area contributed by atoms with E-state index in [9.17, 15) is 4.79 Å². The van der Waals surface area contributed by atoms with Gasteiger partial charge in [0.2, 0.25) is 5.91 Å². The van der Waals surface area contributed by atoms with Crippen LogP contribution in [0.3, 0.4) is 0 Å². The molecule has 0 unspecified atom stereocenters. The number of hydrogen-bond donors (Lipinski definition) is 2. The van der Waals surface area contributed by atoms with Crippen molar-refractivity contribution in [2.24, 2.45) is 11.5 Å². The van der Waals surface area contributed by atoms with Gasteiger partial charge in [-0.05, 0) is 31.8 Å². The quantitative estimate of drug-likeness (QED) is 0.574. The highest BCUT2D eigenvalue weighted by atomic mass is 16.1. The van der Waals surface area contributed by atoms with Crippen LogP contribution in [0.2, 0.25) is 0 Å². The summed E-state index contributed by atoms with van der Waals surface area (Å²) in [6, 6.07) is 0. The average molecular weight is 154 g/mol. The molecule has 0 heterocycles. The first-order chi connectivity index (χ1) is 5.12. The molecule has 0 bridgehead atoms. The molecule has 3 heteroatoms. The van der Waals surface area contributed by atoms with Crippen molar-refractivity contribution >= 4 is 5.91 Å². The van der Waals surface area contributed by atoms with Crippen molar-refractivity contribution in [2.45, 2.75) is 31.2 Å². The van der Waals surface area contributed by atoms with E-state index in [-0.39, 0.29) is 5.54 Å². The Kier molecular flexibility index (Phi) is 2.29. The Morgan fingerprint density at radius 1 is 1.55 bits per heavy atom. The van der Waals surface area contributed by atoms with Gasteiger partial charge in [0, 0.05) is 5.54 Å². The Morgan fingerprint density at radius 3 is 2.55 bits per heavy atom. The van der Waals surface area contributed by atoms with Crippen molar-refractivity contribution in [2.75, 3.05) is 0 Å². The Hall–Kier alpha value is -0.830. The number of primary amides is 1. The van der Waals surface area contributed by atoms with Crippen molar-refractivity contribution in [1.82, 2.24) is 0 Å². The summed E-state index contributed by atoms with van der Waals surface area (Å²) in [7, 11) is 0. The second-order valence-electron chi connectivity index (χ2n) is 3.22. The van der Waals surface area contributed by atoms with Gasteiger partial charge in [-0.3, -0.25) is 4.79 Å². The fraction of sp³-hybridized carbons (Fsp3) is 0.625. The molecule has 0 radical (unpaired) electrons. The third-order valence-electron chi connectivity index (χ3n) is 2.16. The molecule has 0 aliphatic heterocycles. The summed E-state index contributed by atoms with van der Waals surface area (Å²) in [5.41, 5.74) is 10.8. The van der Waals surface area contributed by atoms with E-state index < -0.39 is 5.91 Å². The number of carbonyl (C=O) groups is 1. The molecule has 1 fully saturated rings. The molecule has 0 spiro atoms. The van der Waals surface area contributed by atoms with E-state index in [1.807, 2.05) is 0 Å². The molecule has 0 aromatic heterocycles. The molecule has 0 aromatic carbocycles. The number of nitrogens with two attached hydrogens (primary N) is 2. The highest BCUT2D eigenvalue weighted by Crippen LogP contribution is 2.32. The van der Waals surface area contributed by atoms with Gasteiger partial charge in [-0.2, -0.15) is 0 Å². The SMILES string of the molecule is NC(=O)/C=C/CC1(N)CCC1. The zero-order chi connectivity index (χ0) is 8.32. The van der Waals surface area contributed by atoms with E-state index in [1.165, 1.54) is 12.5 Å². The lowest BCUT2D eigenvalue weighted by Crippen LogP contribution is -2.45. The zero-order valence-electron chi connectivity index (χ0n) is 6.55. The van der Waals surface area contributed by atoms with Crippen LogP contribution in [0.15, 0.2) is 12.2 Å². The van der Waals surface area contributed by atoms with E-state index in [1.54, 1.807) is 6.08 Å². The Morgan fingerprint density at radius 2 is 2.18 bits per heavy atom. The van der Waals surface area contributed by atoms with E-state index in [4.69, 9.17) is 11.5 Å². The molecule has 3 nitrogen and oxygen atoms in total. The van der Waals surface area contributed by atoms with E-state index >= 15 is 0 Å². The number of rotatable bonds is 3. The Labute approximate surface area is 66.4 Å². The van der Waals surface area contributed by atoms with Crippen LogP contribution in [0.1, 0.15) is 25.7 Å². The molecule has 1 saturated carbocycles. The van der Waals surface area contributed by atoms with Crippen molar-refractivity contribution in [3.63, 3.8) is 0 Å². The van der Waals surface area contributed by atoms with Gasteiger partial charge in [-0.15, -0.1) is 0 Å². The lowest BCUT2D eigenvalue weighted by atomic mass is 9.75. The molecule has 1 rings (SSSR count). The molecular formula is C8H14N2O. The van der Waals surface area contributed by atoms with Crippen LogP contribution in [-0.4, -0.2) is 11.4 Å². The summed E-state index contributed by atoms with van der Waals surface area (Å²) in [5.74, 6) is -0.395.